The van der Waals surface area contributed by atoms with Crippen molar-refractivity contribution in [3.05, 3.63) is 48.8 Å². The standard InChI is InChI=1S/C24H27N7O/c1-28-15-18(14-25-28)26-24(32)31-20-9-12-30(16-20)22-8-7-21(27-23(22)31)17-5-4-6-19(13-17)29-10-2-3-11-29/h4-8,13-15,20H,2-3,9-12,16H2,1H3,(H,26,32)/t20-/m0/s1. The van der Waals surface area contributed by atoms with Crippen molar-refractivity contribution >= 4 is 28.9 Å². The Morgan fingerprint density at radius 3 is 2.78 bits per heavy atom. The number of nitrogens with one attached hydrogen (secondary N) is 1. The van der Waals surface area contributed by atoms with Crippen LogP contribution in [0.1, 0.15) is 19.3 Å². The Kier molecular flexibility index (Phi) is 4.52. The van der Waals surface area contributed by atoms with Crippen LogP contribution in [-0.4, -0.2) is 53.0 Å². The lowest BCUT2D eigenvalue weighted by Gasteiger charge is -2.35. The Bertz CT molecular complexity index is 1170. The second-order valence-electron chi connectivity index (χ2n) is 8.88. The normalized spacial score (nSPS) is 19.4. The number of aryl methyl sites for hydroxylation is 1. The molecule has 1 aromatic carbocycles. The number of rotatable bonds is 3. The molecule has 5 heterocycles. The van der Waals surface area contributed by atoms with Gasteiger partial charge in [-0.05, 0) is 43.5 Å². The van der Waals surface area contributed by atoms with Crippen molar-refractivity contribution in [2.75, 3.05) is 46.2 Å². The van der Waals surface area contributed by atoms with E-state index in [1.807, 2.05) is 11.9 Å². The molecule has 0 aliphatic carbocycles. The summed E-state index contributed by atoms with van der Waals surface area (Å²) in [6.07, 6.45) is 6.91. The molecule has 8 nitrogen and oxygen atoms in total. The molecule has 2 amide bonds. The zero-order valence-corrected chi connectivity index (χ0v) is 18.2. The SMILES string of the molecule is Cn1cc(NC(=O)N2c3nc(-c4cccc(N5CCCC5)c4)ccc3N3CC[C@H]2C3)cn1. The number of aromatic nitrogens is 3. The van der Waals surface area contributed by atoms with Gasteiger partial charge in [-0.1, -0.05) is 12.1 Å². The molecule has 0 spiro atoms. The van der Waals surface area contributed by atoms with Crippen molar-refractivity contribution in [3.63, 3.8) is 0 Å². The molecule has 32 heavy (non-hydrogen) atoms. The first kappa shape index (κ1) is 19.2. The largest absolute Gasteiger partial charge is 0.372 e. The fourth-order valence-electron chi connectivity index (χ4n) is 5.14. The maximum atomic E-state index is 13.3. The van der Waals surface area contributed by atoms with Gasteiger partial charge >= 0.3 is 6.03 Å². The van der Waals surface area contributed by atoms with E-state index in [0.717, 1.165) is 55.4 Å². The molecule has 3 aliphatic rings. The van der Waals surface area contributed by atoms with E-state index in [4.69, 9.17) is 4.98 Å². The average molecular weight is 430 g/mol. The highest BCUT2D eigenvalue weighted by molar-refractivity contribution is 6.04. The summed E-state index contributed by atoms with van der Waals surface area (Å²) in [5.74, 6) is 0.740. The van der Waals surface area contributed by atoms with Crippen LogP contribution in [0.15, 0.2) is 48.8 Å². The molecule has 2 fully saturated rings. The molecule has 1 atom stereocenters. The quantitative estimate of drug-likeness (QED) is 0.687. The predicted molar refractivity (Wildman–Crippen MR) is 126 cm³/mol. The van der Waals surface area contributed by atoms with E-state index >= 15 is 0 Å². The van der Waals surface area contributed by atoms with E-state index in [9.17, 15) is 4.79 Å². The fraction of sp³-hybridized carbons (Fsp3) is 0.375. The number of carbonyl (C=O) groups is 1. The summed E-state index contributed by atoms with van der Waals surface area (Å²) in [4.78, 5) is 25.0. The highest BCUT2D eigenvalue weighted by Gasteiger charge is 2.40. The van der Waals surface area contributed by atoms with E-state index in [1.54, 1.807) is 17.1 Å². The van der Waals surface area contributed by atoms with Gasteiger partial charge in [0.15, 0.2) is 5.82 Å². The van der Waals surface area contributed by atoms with E-state index in [-0.39, 0.29) is 12.1 Å². The molecule has 8 heteroatoms. The van der Waals surface area contributed by atoms with Gasteiger partial charge in [0.2, 0.25) is 0 Å². The van der Waals surface area contributed by atoms with Gasteiger partial charge in [0.05, 0.1) is 29.3 Å². The number of benzene rings is 1. The number of anilines is 4. The van der Waals surface area contributed by atoms with Gasteiger partial charge in [-0.3, -0.25) is 9.58 Å². The first-order valence-corrected chi connectivity index (χ1v) is 11.4. The maximum Gasteiger partial charge on any atom is 0.327 e. The lowest BCUT2D eigenvalue weighted by atomic mass is 10.1. The van der Waals surface area contributed by atoms with Gasteiger partial charge in [0.25, 0.3) is 0 Å². The lowest BCUT2D eigenvalue weighted by Crippen LogP contribution is -2.48. The van der Waals surface area contributed by atoms with Crippen LogP contribution in [0.25, 0.3) is 11.3 Å². The molecule has 164 valence electrons. The van der Waals surface area contributed by atoms with E-state index in [1.165, 1.54) is 18.5 Å². The number of pyridine rings is 1. The molecule has 0 saturated carbocycles. The van der Waals surface area contributed by atoms with Crippen LogP contribution in [0.3, 0.4) is 0 Å². The number of urea groups is 1. The molecule has 0 radical (unpaired) electrons. The van der Waals surface area contributed by atoms with Crippen LogP contribution in [-0.2, 0) is 7.05 Å². The van der Waals surface area contributed by atoms with Crippen molar-refractivity contribution in [2.45, 2.75) is 25.3 Å². The third kappa shape index (κ3) is 3.26. The highest BCUT2D eigenvalue weighted by atomic mass is 16.2. The molecule has 2 bridgehead atoms. The van der Waals surface area contributed by atoms with E-state index in [2.05, 4.69) is 56.6 Å². The molecule has 0 unspecified atom stereocenters. The Balaban J connectivity index is 1.35. The van der Waals surface area contributed by atoms with Gasteiger partial charge in [0.1, 0.15) is 0 Å². The van der Waals surface area contributed by atoms with Crippen LogP contribution in [0.4, 0.5) is 27.7 Å². The van der Waals surface area contributed by atoms with Crippen LogP contribution in [0.2, 0.25) is 0 Å². The summed E-state index contributed by atoms with van der Waals surface area (Å²) >= 11 is 0. The molecule has 3 aromatic rings. The van der Waals surface area contributed by atoms with E-state index in [0.29, 0.717) is 5.69 Å². The zero-order valence-electron chi connectivity index (χ0n) is 18.2. The first-order chi connectivity index (χ1) is 15.7. The molecule has 2 aromatic heterocycles. The van der Waals surface area contributed by atoms with Crippen LogP contribution in [0, 0.1) is 0 Å². The molecule has 3 aliphatic heterocycles. The predicted octanol–water partition coefficient (Wildman–Crippen LogP) is 3.71. The maximum absolute atomic E-state index is 13.3. The van der Waals surface area contributed by atoms with Crippen molar-refractivity contribution in [3.8, 4) is 11.3 Å². The molecule has 1 N–H and O–H groups in total. The number of amides is 2. The summed E-state index contributed by atoms with van der Waals surface area (Å²) in [6.45, 7) is 4.01. The number of carbonyl (C=O) groups excluding carboxylic acids is 1. The smallest absolute Gasteiger partial charge is 0.327 e. The minimum atomic E-state index is -0.152. The van der Waals surface area contributed by atoms with Crippen molar-refractivity contribution < 1.29 is 4.79 Å². The molecular weight excluding hydrogens is 402 g/mol. The summed E-state index contributed by atoms with van der Waals surface area (Å²) < 4.78 is 1.68. The van der Waals surface area contributed by atoms with Crippen molar-refractivity contribution in [1.82, 2.24) is 14.8 Å². The Hall–Kier alpha value is -3.55. The lowest BCUT2D eigenvalue weighted by molar-refractivity contribution is 0.255. The van der Waals surface area contributed by atoms with Gasteiger partial charge in [-0.2, -0.15) is 5.10 Å². The number of fused-ring (bicyclic) bond motifs is 4. The number of nitrogens with zero attached hydrogens (tertiary/aromatic N) is 6. The summed E-state index contributed by atoms with van der Waals surface area (Å²) in [5.41, 5.74) is 4.94. The number of hydrogen-bond acceptors (Lipinski definition) is 5. The van der Waals surface area contributed by atoms with Gasteiger partial charge < -0.3 is 15.1 Å². The van der Waals surface area contributed by atoms with Crippen molar-refractivity contribution in [1.29, 1.82) is 0 Å². The highest BCUT2D eigenvalue weighted by Crippen LogP contribution is 2.40. The average Bonchev–Trinajstić information content (AvgIpc) is 3.56. The Morgan fingerprint density at radius 2 is 1.97 bits per heavy atom. The third-order valence-corrected chi connectivity index (χ3v) is 6.74. The molecular formula is C24H27N7O. The van der Waals surface area contributed by atoms with Crippen LogP contribution >= 0.6 is 0 Å². The van der Waals surface area contributed by atoms with Gasteiger partial charge in [0, 0.05) is 50.7 Å². The van der Waals surface area contributed by atoms with Gasteiger partial charge in [-0.25, -0.2) is 9.78 Å². The Morgan fingerprint density at radius 1 is 1.09 bits per heavy atom. The molecule has 2 saturated heterocycles. The Labute approximate surface area is 187 Å². The van der Waals surface area contributed by atoms with Crippen LogP contribution < -0.4 is 20.0 Å². The number of hydrogen-bond donors (Lipinski definition) is 1. The topological polar surface area (TPSA) is 69.5 Å². The minimum absolute atomic E-state index is 0.123. The van der Waals surface area contributed by atoms with Crippen LogP contribution in [0.5, 0.6) is 0 Å². The first-order valence-electron chi connectivity index (χ1n) is 11.4. The summed E-state index contributed by atoms with van der Waals surface area (Å²) in [5, 5.41) is 7.16. The minimum Gasteiger partial charge on any atom is -0.372 e. The zero-order chi connectivity index (χ0) is 21.7. The second kappa shape index (κ2) is 7.55. The van der Waals surface area contributed by atoms with Crippen molar-refractivity contribution in [2.24, 2.45) is 7.05 Å². The van der Waals surface area contributed by atoms with E-state index < -0.39 is 0 Å². The third-order valence-electron chi connectivity index (χ3n) is 6.74. The summed E-state index contributed by atoms with van der Waals surface area (Å²) in [6, 6.07) is 12.8. The second-order valence-corrected chi connectivity index (χ2v) is 8.88. The summed E-state index contributed by atoms with van der Waals surface area (Å²) in [7, 11) is 1.84. The fourth-order valence-corrected chi connectivity index (χ4v) is 5.14. The molecule has 6 rings (SSSR count). The van der Waals surface area contributed by atoms with Gasteiger partial charge in [-0.15, -0.1) is 0 Å². The monoisotopic (exact) mass is 429 g/mol.